The van der Waals surface area contributed by atoms with E-state index in [2.05, 4.69) is 0 Å². The van der Waals surface area contributed by atoms with Gasteiger partial charge in [-0.2, -0.15) is 0 Å². The standard InChI is InChI=1S/C11H17NO3/c1-7-6-8(12)2-3-9(7)11(15)10(14)4-5-13/h2-3,6,10-11,13-15H,4-5,12H2,1H3. The third kappa shape index (κ3) is 2.92. The summed E-state index contributed by atoms with van der Waals surface area (Å²) in [5.74, 6) is 0. The molecule has 84 valence electrons. The molecule has 2 atom stereocenters. The molecule has 4 nitrogen and oxygen atoms in total. The molecule has 0 bridgehead atoms. The van der Waals surface area contributed by atoms with Crippen molar-refractivity contribution >= 4 is 5.69 Å². The van der Waals surface area contributed by atoms with Crippen molar-refractivity contribution in [3.63, 3.8) is 0 Å². The quantitative estimate of drug-likeness (QED) is 0.541. The van der Waals surface area contributed by atoms with E-state index in [1.807, 2.05) is 6.92 Å². The second kappa shape index (κ2) is 5.11. The first-order valence-electron chi connectivity index (χ1n) is 4.89. The van der Waals surface area contributed by atoms with Gasteiger partial charge in [0.2, 0.25) is 0 Å². The fourth-order valence-electron chi connectivity index (χ4n) is 1.53. The van der Waals surface area contributed by atoms with Crippen molar-refractivity contribution in [1.29, 1.82) is 0 Å². The second-order valence-electron chi connectivity index (χ2n) is 3.64. The average Bonchev–Trinajstić information content (AvgIpc) is 2.17. The topological polar surface area (TPSA) is 86.7 Å². The van der Waals surface area contributed by atoms with E-state index in [0.717, 1.165) is 5.56 Å². The summed E-state index contributed by atoms with van der Waals surface area (Å²) in [7, 11) is 0. The van der Waals surface area contributed by atoms with Gasteiger partial charge in [0.15, 0.2) is 0 Å². The van der Waals surface area contributed by atoms with E-state index in [4.69, 9.17) is 10.8 Å². The van der Waals surface area contributed by atoms with Crippen LogP contribution in [-0.4, -0.2) is 28.0 Å². The van der Waals surface area contributed by atoms with Gasteiger partial charge < -0.3 is 21.1 Å². The smallest absolute Gasteiger partial charge is 0.105 e. The molecule has 0 radical (unpaired) electrons. The van der Waals surface area contributed by atoms with Crippen LogP contribution in [0.2, 0.25) is 0 Å². The number of hydrogen-bond donors (Lipinski definition) is 4. The highest BCUT2D eigenvalue weighted by atomic mass is 16.3. The number of anilines is 1. The minimum atomic E-state index is -0.974. The molecule has 0 fully saturated rings. The Labute approximate surface area is 89.0 Å². The summed E-state index contributed by atoms with van der Waals surface area (Å²) >= 11 is 0. The second-order valence-corrected chi connectivity index (χ2v) is 3.64. The maximum absolute atomic E-state index is 9.79. The van der Waals surface area contributed by atoms with Gasteiger partial charge >= 0.3 is 0 Å². The number of rotatable bonds is 4. The van der Waals surface area contributed by atoms with Crippen LogP contribution in [0.5, 0.6) is 0 Å². The highest BCUT2D eigenvalue weighted by Gasteiger charge is 2.19. The van der Waals surface area contributed by atoms with Crippen molar-refractivity contribution in [1.82, 2.24) is 0 Å². The number of benzene rings is 1. The number of aliphatic hydroxyl groups is 3. The predicted molar refractivity (Wildman–Crippen MR) is 58.3 cm³/mol. The lowest BCUT2D eigenvalue weighted by Crippen LogP contribution is -2.20. The molecule has 0 amide bonds. The summed E-state index contributed by atoms with van der Waals surface area (Å²) in [6.45, 7) is 1.67. The molecular formula is C11H17NO3. The fraction of sp³-hybridized carbons (Fsp3) is 0.455. The zero-order valence-electron chi connectivity index (χ0n) is 8.72. The predicted octanol–water partition coefficient (Wildman–Crippen LogP) is 0.354. The minimum Gasteiger partial charge on any atom is -0.399 e. The molecule has 1 aromatic rings. The Kier molecular flexibility index (Phi) is 4.08. The zero-order chi connectivity index (χ0) is 11.4. The van der Waals surface area contributed by atoms with E-state index < -0.39 is 12.2 Å². The highest BCUT2D eigenvalue weighted by Crippen LogP contribution is 2.23. The molecular weight excluding hydrogens is 194 g/mol. The molecule has 0 aliphatic rings. The molecule has 1 aromatic carbocycles. The first-order chi connectivity index (χ1) is 7.06. The third-order valence-corrected chi connectivity index (χ3v) is 2.40. The van der Waals surface area contributed by atoms with E-state index in [9.17, 15) is 10.2 Å². The Morgan fingerprint density at radius 2 is 2.00 bits per heavy atom. The van der Waals surface area contributed by atoms with Crippen LogP contribution in [-0.2, 0) is 0 Å². The molecule has 0 saturated carbocycles. The lowest BCUT2D eigenvalue weighted by atomic mass is 9.97. The average molecular weight is 211 g/mol. The van der Waals surface area contributed by atoms with Gasteiger partial charge in [-0.05, 0) is 36.6 Å². The monoisotopic (exact) mass is 211 g/mol. The molecule has 15 heavy (non-hydrogen) atoms. The molecule has 0 aromatic heterocycles. The Hall–Kier alpha value is -1.10. The van der Waals surface area contributed by atoms with Gasteiger partial charge in [-0.15, -0.1) is 0 Å². The largest absolute Gasteiger partial charge is 0.399 e. The number of aryl methyl sites for hydroxylation is 1. The summed E-state index contributed by atoms with van der Waals surface area (Å²) < 4.78 is 0. The molecule has 4 heteroatoms. The normalized spacial score (nSPS) is 14.9. The Morgan fingerprint density at radius 1 is 1.33 bits per heavy atom. The van der Waals surface area contributed by atoms with Gasteiger partial charge in [-0.25, -0.2) is 0 Å². The van der Waals surface area contributed by atoms with Crippen LogP contribution in [0.4, 0.5) is 5.69 Å². The summed E-state index contributed by atoms with van der Waals surface area (Å²) in [6, 6.07) is 5.11. The number of nitrogens with two attached hydrogens (primary N) is 1. The van der Waals surface area contributed by atoms with Gasteiger partial charge in [0.25, 0.3) is 0 Å². The van der Waals surface area contributed by atoms with Crippen LogP contribution < -0.4 is 5.73 Å². The van der Waals surface area contributed by atoms with E-state index in [1.165, 1.54) is 0 Å². The first kappa shape index (κ1) is 12.0. The molecule has 0 saturated heterocycles. The van der Waals surface area contributed by atoms with Gasteiger partial charge in [0.1, 0.15) is 6.10 Å². The Balaban J connectivity index is 2.86. The van der Waals surface area contributed by atoms with Crippen molar-refractivity contribution in [3.8, 4) is 0 Å². The minimum absolute atomic E-state index is 0.147. The van der Waals surface area contributed by atoms with Crippen molar-refractivity contribution < 1.29 is 15.3 Å². The van der Waals surface area contributed by atoms with Crippen LogP contribution >= 0.6 is 0 Å². The van der Waals surface area contributed by atoms with Crippen molar-refractivity contribution in [3.05, 3.63) is 29.3 Å². The highest BCUT2D eigenvalue weighted by molar-refractivity contribution is 5.45. The lowest BCUT2D eigenvalue weighted by Gasteiger charge is -2.19. The number of aliphatic hydroxyl groups excluding tert-OH is 3. The molecule has 0 spiro atoms. The van der Waals surface area contributed by atoms with Crippen molar-refractivity contribution in [2.24, 2.45) is 0 Å². The SMILES string of the molecule is Cc1cc(N)ccc1C(O)C(O)CCO. The van der Waals surface area contributed by atoms with E-state index >= 15 is 0 Å². The van der Waals surface area contributed by atoms with Gasteiger partial charge in [0.05, 0.1) is 6.10 Å². The van der Waals surface area contributed by atoms with Crippen molar-refractivity contribution in [2.75, 3.05) is 12.3 Å². The Bertz CT molecular complexity index is 328. The van der Waals surface area contributed by atoms with Gasteiger partial charge in [0, 0.05) is 12.3 Å². The van der Waals surface area contributed by atoms with Gasteiger partial charge in [-0.3, -0.25) is 0 Å². The van der Waals surface area contributed by atoms with E-state index in [0.29, 0.717) is 11.3 Å². The molecule has 1 rings (SSSR count). The number of hydrogen-bond acceptors (Lipinski definition) is 4. The molecule has 0 aliphatic heterocycles. The lowest BCUT2D eigenvalue weighted by molar-refractivity contribution is 0.00389. The molecule has 0 heterocycles. The maximum atomic E-state index is 9.79. The summed E-state index contributed by atoms with van der Waals surface area (Å²) in [5.41, 5.74) is 7.68. The molecule has 2 unspecified atom stereocenters. The Morgan fingerprint density at radius 3 is 2.53 bits per heavy atom. The van der Waals surface area contributed by atoms with Crippen LogP contribution in [0.15, 0.2) is 18.2 Å². The summed E-state index contributed by atoms with van der Waals surface area (Å²) in [5, 5.41) is 28.0. The van der Waals surface area contributed by atoms with Crippen molar-refractivity contribution in [2.45, 2.75) is 25.6 Å². The summed E-state index contributed by atoms with van der Waals surface area (Å²) in [6.07, 6.45) is -1.76. The van der Waals surface area contributed by atoms with Crippen LogP contribution in [0.1, 0.15) is 23.7 Å². The van der Waals surface area contributed by atoms with Crippen LogP contribution in [0, 0.1) is 6.92 Å². The molecule has 5 N–H and O–H groups in total. The zero-order valence-corrected chi connectivity index (χ0v) is 8.72. The summed E-state index contributed by atoms with van der Waals surface area (Å²) in [4.78, 5) is 0. The van der Waals surface area contributed by atoms with Crippen LogP contribution in [0.25, 0.3) is 0 Å². The van der Waals surface area contributed by atoms with Gasteiger partial charge in [-0.1, -0.05) is 6.07 Å². The first-order valence-corrected chi connectivity index (χ1v) is 4.89. The van der Waals surface area contributed by atoms with Crippen LogP contribution in [0.3, 0.4) is 0 Å². The maximum Gasteiger partial charge on any atom is 0.105 e. The fourth-order valence-corrected chi connectivity index (χ4v) is 1.53. The number of nitrogen functional groups attached to an aromatic ring is 1. The van der Waals surface area contributed by atoms with E-state index in [-0.39, 0.29) is 13.0 Å². The third-order valence-electron chi connectivity index (χ3n) is 2.40. The molecule has 0 aliphatic carbocycles. The van der Waals surface area contributed by atoms with E-state index in [1.54, 1.807) is 18.2 Å².